The Bertz CT molecular complexity index is 982. The summed E-state index contributed by atoms with van der Waals surface area (Å²) in [7, 11) is 0. The van der Waals surface area contributed by atoms with E-state index in [9.17, 15) is 18.0 Å². The fourth-order valence-electron chi connectivity index (χ4n) is 2.85. The molecule has 3 rings (SSSR count). The van der Waals surface area contributed by atoms with Crippen molar-refractivity contribution in [3.8, 4) is 0 Å². The van der Waals surface area contributed by atoms with Gasteiger partial charge in [0.25, 0.3) is 0 Å². The molecule has 0 unspecified atom stereocenters. The normalized spacial score (nSPS) is 12.5. The summed E-state index contributed by atoms with van der Waals surface area (Å²) in [5, 5.41) is 9.78. The number of allylic oxidation sites excluding steroid dienone is 1. The quantitative estimate of drug-likeness (QED) is 0.651. The van der Waals surface area contributed by atoms with Crippen LogP contribution in [0.1, 0.15) is 23.6 Å². The van der Waals surface area contributed by atoms with E-state index in [1.165, 1.54) is 12.1 Å². The minimum absolute atomic E-state index is 0.449. The van der Waals surface area contributed by atoms with Crippen molar-refractivity contribution in [2.24, 2.45) is 0 Å². The van der Waals surface area contributed by atoms with Crippen LogP contribution in [0, 0.1) is 0 Å². The molecule has 0 radical (unpaired) electrons. The number of aromatic nitrogens is 1. The number of alkyl halides is 3. The Kier molecular flexibility index (Phi) is 4.59. The maximum atomic E-state index is 12.6. The topological polar surface area (TPSA) is 42.2 Å². The highest BCUT2D eigenvalue weighted by Gasteiger charge is 2.29. The van der Waals surface area contributed by atoms with Crippen molar-refractivity contribution in [3.63, 3.8) is 0 Å². The van der Waals surface area contributed by atoms with Crippen molar-refractivity contribution in [2.75, 3.05) is 0 Å². The summed E-state index contributed by atoms with van der Waals surface area (Å²) >= 11 is 0. The third kappa shape index (κ3) is 3.79. The Balaban J connectivity index is 1.87. The highest BCUT2D eigenvalue weighted by Crippen LogP contribution is 2.29. The van der Waals surface area contributed by atoms with Gasteiger partial charge in [-0.3, -0.25) is 0 Å². The average Bonchev–Trinajstić information content (AvgIpc) is 2.96. The van der Waals surface area contributed by atoms with Gasteiger partial charge in [0.15, 0.2) is 0 Å². The second-order valence-electron chi connectivity index (χ2n) is 6.08. The molecule has 3 nitrogen and oxygen atoms in total. The van der Waals surface area contributed by atoms with Crippen LogP contribution in [0.15, 0.2) is 60.8 Å². The number of benzene rings is 2. The van der Waals surface area contributed by atoms with Crippen LogP contribution >= 0.6 is 0 Å². The van der Waals surface area contributed by atoms with Crippen LogP contribution in [0.2, 0.25) is 0 Å². The van der Waals surface area contributed by atoms with E-state index in [1.807, 2.05) is 35.0 Å². The Labute approximate surface area is 148 Å². The van der Waals surface area contributed by atoms with E-state index in [0.717, 1.165) is 40.2 Å². The molecule has 0 aliphatic heterocycles. The highest BCUT2D eigenvalue weighted by atomic mass is 19.4. The molecule has 0 aliphatic carbocycles. The third-order valence-electron chi connectivity index (χ3n) is 4.20. The van der Waals surface area contributed by atoms with Crippen molar-refractivity contribution in [3.05, 3.63) is 77.5 Å². The largest absolute Gasteiger partial charge is 0.478 e. The zero-order valence-corrected chi connectivity index (χ0v) is 13.9. The van der Waals surface area contributed by atoms with Crippen LogP contribution in [0.25, 0.3) is 16.5 Å². The maximum absolute atomic E-state index is 12.6. The van der Waals surface area contributed by atoms with Crippen molar-refractivity contribution in [1.82, 2.24) is 4.57 Å². The molecule has 0 atom stereocenters. The van der Waals surface area contributed by atoms with Crippen LogP contribution in [0.5, 0.6) is 0 Å². The first kappa shape index (κ1) is 17.8. The van der Waals surface area contributed by atoms with Crippen molar-refractivity contribution in [1.29, 1.82) is 0 Å². The number of carbonyl (C=O) groups is 1. The standard InChI is InChI=1S/C20H16F3NO2/c1-13(10-19(25)26)15-4-7-18-16(11-15)8-9-24(18)12-14-2-5-17(6-3-14)20(21,22)23/h2-11H,12H2,1H3,(H,25,26). The molecule has 0 spiro atoms. The lowest BCUT2D eigenvalue weighted by Crippen LogP contribution is -2.05. The first-order chi connectivity index (χ1) is 12.2. The number of halogens is 3. The number of aliphatic carboxylic acids is 1. The lowest BCUT2D eigenvalue weighted by Gasteiger charge is -2.09. The number of nitrogens with zero attached hydrogens (tertiary/aromatic N) is 1. The number of rotatable bonds is 4. The maximum Gasteiger partial charge on any atom is 0.416 e. The molecule has 0 saturated carbocycles. The summed E-state index contributed by atoms with van der Waals surface area (Å²) in [5.41, 5.74) is 2.49. The molecule has 1 aromatic heterocycles. The van der Waals surface area contributed by atoms with Gasteiger partial charge < -0.3 is 9.67 Å². The van der Waals surface area contributed by atoms with Gasteiger partial charge in [0.2, 0.25) is 0 Å². The average molecular weight is 359 g/mol. The second-order valence-corrected chi connectivity index (χ2v) is 6.08. The summed E-state index contributed by atoms with van der Waals surface area (Å²) in [4.78, 5) is 10.8. The highest BCUT2D eigenvalue weighted by molar-refractivity contribution is 5.91. The monoisotopic (exact) mass is 359 g/mol. The van der Waals surface area contributed by atoms with Crippen LogP contribution in [0.3, 0.4) is 0 Å². The number of carboxylic acid groups (broad SMARTS) is 1. The summed E-state index contributed by atoms with van der Waals surface area (Å²) < 4.78 is 39.9. The predicted molar refractivity (Wildman–Crippen MR) is 93.8 cm³/mol. The molecule has 6 heteroatoms. The zero-order chi connectivity index (χ0) is 18.9. The van der Waals surface area contributed by atoms with Crippen molar-refractivity contribution in [2.45, 2.75) is 19.6 Å². The molecule has 0 saturated heterocycles. The molecular weight excluding hydrogens is 343 g/mol. The molecule has 0 bridgehead atoms. The van der Waals surface area contributed by atoms with Gasteiger partial charge in [-0.1, -0.05) is 18.2 Å². The van der Waals surface area contributed by atoms with Crippen LogP contribution in [-0.2, 0) is 17.5 Å². The summed E-state index contributed by atoms with van der Waals surface area (Å²) in [6.45, 7) is 2.18. The Morgan fingerprint density at radius 2 is 1.81 bits per heavy atom. The van der Waals surface area contributed by atoms with Gasteiger partial charge in [0.05, 0.1) is 5.56 Å². The SMILES string of the molecule is CC(=CC(=O)O)c1ccc2c(ccn2Cc2ccc(C(F)(F)F)cc2)c1. The van der Waals surface area contributed by atoms with Crippen molar-refractivity contribution < 1.29 is 23.1 Å². The molecule has 0 aliphatic rings. The minimum atomic E-state index is -4.34. The van der Waals surface area contributed by atoms with E-state index < -0.39 is 17.7 Å². The van der Waals surface area contributed by atoms with E-state index in [-0.39, 0.29) is 0 Å². The molecule has 2 aromatic carbocycles. The molecule has 26 heavy (non-hydrogen) atoms. The third-order valence-corrected chi connectivity index (χ3v) is 4.20. The van der Waals surface area contributed by atoms with Gasteiger partial charge in [0.1, 0.15) is 0 Å². The first-order valence-corrected chi connectivity index (χ1v) is 7.91. The molecular formula is C20H16F3NO2. The molecule has 0 fully saturated rings. The molecule has 3 aromatic rings. The van der Waals surface area contributed by atoms with E-state index in [4.69, 9.17) is 5.11 Å². The smallest absolute Gasteiger partial charge is 0.416 e. The van der Waals surface area contributed by atoms with Gasteiger partial charge in [0, 0.05) is 29.7 Å². The Morgan fingerprint density at radius 1 is 1.12 bits per heavy atom. The van der Waals surface area contributed by atoms with E-state index in [1.54, 1.807) is 6.92 Å². The fourth-order valence-corrected chi connectivity index (χ4v) is 2.85. The number of carboxylic acids is 1. The van der Waals surface area contributed by atoms with Crippen LogP contribution in [0.4, 0.5) is 13.2 Å². The molecule has 1 heterocycles. The summed E-state index contributed by atoms with van der Waals surface area (Å²) in [6, 6.07) is 12.6. The van der Waals surface area contributed by atoms with Gasteiger partial charge in [-0.2, -0.15) is 13.2 Å². The van der Waals surface area contributed by atoms with Crippen LogP contribution in [-0.4, -0.2) is 15.6 Å². The Morgan fingerprint density at radius 3 is 2.42 bits per heavy atom. The summed E-state index contributed by atoms with van der Waals surface area (Å²) in [5.74, 6) is -0.998. The molecule has 1 N–H and O–H groups in total. The summed E-state index contributed by atoms with van der Waals surface area (Å²) in [6.07, 6.45) is -1.32. The van der Waals surface area contributed by atoms with Gasteiger partial charge in [-0.25, -0.2) is 4.79 Å². The molecule has 0 amide bonds. The lowest BCUT2D eigenvalue weighted by molar-refractivity contribution is -0.137. The zero-order valence-electron chi connectivity index (χ0n) is 13.9. The van der Waals surface area contributed by atoms with Gasteiger partial charge in [-0.15, -0.1) is 0 Å². The van der Waals surface area contributed by atoms with E-state index >= 15 is 0 Å². The van der Waals surface area contributed by atoms with Crippen LogP contribution < -0.4 is 0 Å². The van der Waals surface area contributed by atoms with E-state index in [0.29, 0.717) is 12.1 Å². The minimum Gasteiger partial charge on any atom is -0.478 e. The van der Waals surface area contributed by atoms with Gasteiger partial charge >= 0.3 is 12.1 Å². The van der Waals surface area contributed by atoms with Gasteiger partial charge in [-0.05, 0) is 54.0 Å². The number of hydrogen-bond acceptors (Lipinski definition) is 1. The Hall–Kier alpha value is -3.02. The van der Waals surface area contributed by atoms with E-state index in [2.05, 4.69) is 0 Å². The second kappa shape index (κ2) is 6.71. The molecule has 134 valence electrons. The number of hydrogen-bond donors (Lipinski definition) is 1. The fraction of sp³-hybridized carbons (Fsp3) is 0.150. The lowest BCUT2D eigenvalue weighted by atomic mass is 10.1. The van der Waals surface area contributed by atoms with Crippen molar-refractivity contribution >= 4 is 22.4 Å². The number of fused-ring (bicyclic) bond motifs is 1. The predicted octanol–water partition coefficient (Wildman–Crippen LogP) is 5.20. The first-order valence-electron chi connectivity index (χ1n) is 7.91.